The highest BCUT2D eigenvalue weighted by Crippen LogP contribution is 2.37. The molecular formula is C15H21NO. The molecule has 17 heavy (non-hydrogen) atoms. The van der Waals surface area contributed by atoms with Crippen molar-refractivity contribution in [1.29, 1.82) is 0 Å². The van der Waals surface area contributed by atoms with Crippen LogP contribution in [0.5, 0.6) is 0 Å². The molecule has 1 saturated heterocycles. The highest BCUT2D eigenvalue weighted by atomic mass is 16.5. The van der Waals surface area contributed by atoms with Gasteiger partial charge in [-0.05, 0) is 30.4 Å². The number of ether oxygens (including phenoxy) is 1. The lowest BCUT2D eigenvalue weighted by atomic mass is 9.87. The lowest BCUT2D eigenvalue weighted by Crippen LogP contribution is -2.32. The zero-order chi connectivity index (χ0) is 11.7. The summed E-state index contributed by atoms with van der Waals surface area (Å²) in [5.74, 6) is 0.598. The maximum atomic E-state index is 6.46. The van der Waals surface area contributed by atoms with E-state index in [9.17, 15) is 0 Å². The smallest absolute Gasteiger partial charge is 0.0535 e. The lowest BCUT2D eigenvalue weighted by molar-refractivity contribution is 0.194. The van der Waals surface area contributed by atoms with Gasteiger partial charge >= 0.3 is 0 Å². The Kier molecular flexibility index (Phi) is 2.93. The molecule has 1 saturated carbocycles. The molecule has 2 nitrogen and oxygen atoms in total. The van der Waals surface area contributed by atoms with Crippen LogP contribution in [0.15, 0.2) is 24.3 Å². The van der Waals surface area contributed by atoms with Crippen LogP contribution < -0.4 is 5.73 Å². The van der Waals surface area contributed by atoms with Crippen LogP contribution in [0.4, 0.5) is 0 Å². The predicted octanol–water partition coefficient (Wildman–Crippen LogP) is 2.92. The molecule has 92 valence electrons. The van der Waals surface area contributed by atoms with Gasteiger partial charge in [-0.1, -0.05) is 37.1 Å². The second kappa shape index (κ2) is 4.43. The standard InChI is InChI=1S/C15H21NO/c16-15(8-1-2-9-15)14-5-3-12(4-6-14)13-7-10-17-11-13/h3-6,13H,1-2,7-11,16H2. The fourth-order valence-corrected chi connectivity index (χ4v) is 3.18. The first kappa shape index (κ1) is 11.2. The number of nitrogens with two attached hydrogens (primary N) is 1. The molecule has 0 spiro atoms. The molecular weight excluding hydrogens is 210 g/mol. The van der Waals surface area contributed by atoms with Crippen LogP contribution in [0.1, 0.15) is 49.1 Å². The second-order valence-corrected chi connectivity index (χ2v) is 5.55. The quantitative estimate of drug-likeness (QED) is 0.849. The van der Waals surface area contributed by atoms with E-state index in [0.29, 0.717) is 5.92 Å². The van der Waals surface area contributed by atoms with Crippen molar-refractivity contribution in [3.63, 3.8) is 0 Å². The molecule has 1 aromatic carbocycles. The molecule has 1 heterocycles. The van der Waals surface area contributed by atoms with Gasteiger partial charge in [0.2, 0.25) is 0 Å². The van der Waals surface area contributed by atoms with Crippen molar-refractivity contribution in [2.75, 3.05) is 13.2 Å². The average molecular weight is 231 g/mol. The van der Waals surface area contributed by atoms with Crippen LogP contribution in [0.2, 0.25) is 0 Å². The summed E-state index contributed by atoms with van der Waals surface area (Å²) in [7, 11) is 0. The first-order valence-corrected chi connectivity index (χ1v) is 6.75. The fourth-order valence-electron chi connectivity index (χ4n) is 3.18. The van der Waals surface area contributed by atoms with Crippen LogP contribution in [0.3, 0.4) is 0 Å². The molecule has 2 heteroatoms. The number of hydrogen-bond donors (Lipinski definition) is 1. The molecule has 0 radical (unpaired) electrons. The molecule has 1 atom stereocenters. The van der Waals surface area contributed by atoms with Crippen LogP contribution >= 0.6 is 0 Å². The minimum atomic E-state index is -0.0509. The van der Waals surface area contributed by atoms with Gasteiger partial charge in [0.05, 0.1) is 6.61 Å². The largest absolute Gasteiger partial charge is 0.381 e. The van der Waals surface area contributed by atoms with Crippen molar-refractivity contribution in [1.82, 2.24) is 0 Å². The van der Waals surface area contributed by atoms with Gasteiger partial charge in [-0.15, -0.1) is 0 Å². The Balaban J connectivity index is 1.79. The summed E-state index contributed by atoms with van der Waals surface area (Å²) >= 11 is 0. The summed E-state index contributed by atoms with van der Waals surface area (Å²) in [6.07, 6.45) is 5.98. The monoisotopic (exact) mass is 231 g/mol. The van der Waals surface area contributed by atoms with Crippen LogP contribution in [-0.4, -0.2) is 13.2 Å². The zero-order valence-electron chi connectivity index (χ0n) is 10.3. The van der Waals surface area contributed by atoms with E-state index in [1.165, 1.54) is 24.0 Å². The van der Waals surface area contributed by atoms with E-state index in [0.717, 1.165) is 32.5 Å². The van der Waals surface area contributed by atoms with Crippen molar-refractivity contribution in [2.24, 2.45) is 5.73 Å². The predicted molar refractivity (Wildman–Crippen MR) is 69.0 cm³/mol. The molecule has 1 aliphatic carbocycles. The summed E-state index contributed by atoms with van der Waals surface area (Å²) in [6, 6.07) is 8.97. The zero-order valence-corrected chi connectivity index (χ0v) is 10.3. The first-order chi connectivity index (χ1) is 8.28. The van der Waals surface area contributed by atoms with E-state index >= 15 is 0 Å². The Hall–Kier alpha value is -0.860. The Labute approximate surface area is 103 Å². The van der Waals surface area contributed by atoms with Gasteiger partial charge in [0.15, 0.2) is 0 Å². The Morgan fingerprint density at radius 3 is 2.41 bits per heavy atom. The molecule has 2 aliphatic rings. The second-order valence-electron chi connectivity index (χ2n) is 5.55. The highest BCUT2D eigenvalue weighted by molar-refractivity contribution is 5.31. The van der Waals surface area contributed by atoms with Crippen LogP contribution in [0, 0.1) is 0 Å². The van der Waals surface area contributed by atoms with Crippen molar-refractivity contribution < 1.29 is 4.74 Å². The van der Waals surface area contributed by atoms with Gasteiger partial charge in [-0.2, -0.15) is 0 Å². The summed E-state index contributed by atoms with van der Waals surface area (Å²) in [4.78, 5) is 0. The summed E-state index contributed by atoms with van der Waals surface area (Å²) in [6.45, 7) is 1.79. The summed E-state index contributed by atoms with van der Waals surface area (Å²) < 4.78 is 5.44. The van der Waals surface area contributed by atoms with Gasteiger partial charge in [-0.3, -0.25) is 0 Å². The van der Waals surface area contributed by atoms with Crippen molar-refractivity contribution in [3.05, 3.63) is 35.4 Å². The van der Waals surface area contributed by atoms with E-state index in [1.807, 2.05) is 0 Å². The van der Waals surface area contributed by atoms with Crippen molar-refractivity contribution >= 4 is 0 Å². The molecule has 2 fully saturated rings. The van der Waals surface area contributed by atoms with Gasteiger partial charge in [-0.25, -0.2) is 0 Å². The number of rotatable bonds is 2. The van der Waals surface area contributed by atoms with E-state index in [1.54, 1.807) is 0 Å². The molecule has 1 aromatic rings. The third kappa shape index (κ3) is 2.12. The number of hydrogen-bond acceptors (Lipinski definition) is 2. The molecule has 1 aliphatic heterocycles. The third-order valence-corrected chi connectivity index (χ3v) is 4.38. The molecule has 2 N–H and O–H groups in total. The Bertz CT molecular complexity index is 372. The van der Waals surface area contributed by atoms with Crippen LogP contribution in [0.25, 0.3) is 0 Å². The summed E-state index contributed by atoms with van der Waals surface area (Å²) in [5, 5.41) is 0. The Morgan fingerprint density at radius 2 is 1.82 bits per heavy atom. The highest BCUT2D eigenvalue weighted by Gasteiger charge is 2.31. The SMILES string of the molecule is NC1(c2ccc(C3CCOC3)cc2)CCCC1. The van der Waals surface area contributed by atoms with Crippen molar-refractivity contribution in [3.8, 4) is 0 Å². The van der Waals surface area contributed by atoms with E-state index in [2.05, 4.69) is 24.3 Å². The van der Waals surface area contributed by atoms with E-state index in [4.69, 9.17) is 10.5 Å². The fraction of sp³-hybridized carbons (Fsp3) is 0.600. The molecule has 1 unspecified atom stereocenters. The maximum Gasteiger partial charge on any atom is 0.0535 e. The number of benzene rings is 1. The first-order valence-electron chi connectivity index (χ1n) is 6.75. The Morgan fingerprint density at radius 1 is 1.12 bits per heavy atom. The minimum absolute atomic E-state index is 0.0509. The van der Waals surface area contributed by atoms with Crippen LogP contribution in [-0.2, 0) is 10.3 Å². The third-order valence-electron chi connectivity index (χ3n) is 4.38. The van der Waals surface area contributed by atoms with Gasteiger partial charge in [0, 0.05) is 18.1 Å². The van der Waals surface area contributed by atoms with Gasteiger partial charge < -0.3 is 10.5 Å². The minimum Gasteiger partial charge on any atom is -0.381 e. The maximum absolute atomic E-state index is 6.46. The average Bonchev–Trinajstić information content (AvgIpc) is 3.01. The van der Waals surface area contributed by atoms with E-state index < -0.39 is 0 Å². The summed E-state index contributed by atoms with van der Waals surface area (Å²) in [5.41, 5.74) is 9.14. The molecule has 0 bridgehead atoms. The van der Waals surface area contributed by atoms with Gasteiger partial charge in [0.25, 0.3) is 0 Å². The molecule has 3 rings (SSSR count). The van der Waals surface area contributed by atoms with Crippen molar-refractivity contribution in [2.45, 2.75) is 43.6 Å². The topological polar surface area (TPSA) is 35.2 Å². The normalized spacial score (nSPS) is 27.5. The lowest BCUT2D eigenvalue weighted by Gasteiger charge is -2.24. The molecule has 0 amide bonds. The van der Waals surface area contributed by atoms with Gasteiger partial charge in [0.1, 0.15) is 0 Å². The van der Waals surface area contributed by atoms with E-state index in [-0.39, 0.29) is 5.54 Å². The molecule has 0 aromatic heterocycles.